The second kappa shape index (κ2) is 8.85. The minimum atomic E-state index is -0.396. The number of fused-ring (bicyclic) bond motifs is 1. The molecule has 1 aromatic carbocycles. The van der Waals surface area contributed by atoms with Crippen LogP contribution in [0.15, 0.2) is 24.3 Å². The van der Waals surface area contributed by atoms with Gasteiger partial charge in [0, 0.05) is 50.6 Å². The van der Waals surface area contributed by atoms with E-state index >= 15 is 0 Å². The number of methoxy groups -OCH3 is 1. The Labute approximate surface area is 168 Å². The maximum Gasteiger partial charge on any atom is 0.233 e. The van der Waals surface area contributed by atoms with Crippen molar-refractivity contribution in [3.8, 4) is 22.9 Å². The fraction of sp³-hybridized carbons (Fsp3) is 0.400. The minimum absolute atomic E-state index is 0.106. The first kappa shape index (κ1) is 20.5. The van der Waals surface area contributed by atoms with Crippen LogP contribution in [0.4, 0.5) is 4.39 Å². The molecule has 0 radical (unpaired) electrons. The van der Waals surface area contributed by atoms with Crippen LogP contribution < -0.4 is 14.8 Å². The summed E-state index contributed by atoms with van der Waals surface area (Å²) in [6, 6.07) is 6.10. The fourth-order valence-corrected chi connectivity index (χ4v) is 3.03. The molecule has 8 nitrogen and oxygen atoms in total. The van der Waals surface area contributed by atoms with Crippen LogP contribution in [0.1, 0.15) is 18.4 Å². The van der Waals surface area contributed by atoms with Crippen molar-refractivity contribution < 1.29 is 23.5 Å². The summed E-state index contributed by atoms with van der Waals surface area (Å²) < 4.78 is 25.1. The molecule has 3 rings (SSSR count). The monoisotopic (exact) mass is 402 g/mol. The third kappa shape index (κ3) is 4.98. The number of aromatic nitrogens is 2. The van der Waals surface area contributed by atoms with E-state index in [1.54, 1.807) is 26.2 Å². The van der Waals surface area contributed by atoms with E-state index in [9.17, 15) is 14.0 Å². The fourth-order valence-electron chi connectivity index (χ4n) is 3.03. The van der Waals surface area contributed by atoms with Gasteiger partial charge in [-0.15, -0.1) is 10.2 Å². The summed E-state index contributed by atoms with van der Waals surface area (Å²) >= 11 is 0. The zero-order valence-electron chi connectivity index (χ0n) is 16.6. The van der Waals surface area contributed by atoms with Crippen LogP contribution in [-0.2, 0) is 16.0 Å². The Balaban J connectivity index is 1.64. The maximum absolute atomic E-state index is 14.1. The van der Waals surface area contributed by atoms with E-state index in [0.29, 0.717) is 34.9 Å². The van der Waals surface area contributed by atoms with Crippen molar-refractivity contribution in [2.45, 2.75) is 25.4 Å². The van der Waals surface area contributed by atoms with Crippen LogP contribution >= 0.6 is 0 Å². The number of hydrogen-bond donors (Lipinski definition) is 1. The molecule has 0 saturated carbocycles. The molecule has 1 aromatic heterocycles. The topological polar surface area (TPSA) is 93.6 Å². The predicted molar refractivity (Wildman–Crippen MR) is 103 cm³/mol. The van der Waals surface area contributed by atoms with Crippen LogP contribution in [0.3, 0.4) is 0 Å². The number of hydrogen-bond acceptors (Lipinski definition) is 6. The van der Waals surface area contributed by atoms with Gasteiger partial charge in [0.15, 0.2) is 0 Å². The lowest BCUT2D eigenvalue weighted by Crippen LogP contribution is -2.35. The van der Waals surface area contributed by atoms with Crippen molar-refractivity contribution in [3.63, 3.8) is 0 Å². The maximum atomic E-state index is 14.1. The van der Waals surface area contributed by atoms with Crippen molar-refractivity contribution >= 4 is 11.8 Å². The Hall–Kier alpha value is -3.23. The molecule has 0 fully saturated rings. The molecule has 2 heterocycles. The number of nitrogens with one attached hydrogen (secondary N) is 1. The average molecular weight is 402 g/mol. The van der Waals surface area contributed by atoms with Gasteiger partial charge in [-0.2, -0.15) is 0 Å². The lowest BCUT2D eigenvalue weighted by molar-refractivity contribution is -0.131. The standard InChI is InChI=1S/C20H23FN4O4/c1-25(2)19(27)7-5-17(26)22-11-14-9-12-8-13(21)10-15(20(12)29-14)16-4-6-18(28-3)24-23-16/h4,6,8,10,14H,5,7,9,11H2,1-3H3,(H,22,26)/t14-/m0/s1. The molecule has 2 amide bonds. The molecule has 29 heavy (non-hydrogen) atoms. The second-order valence-electron chi connectivity index (χ2n) is 6.94. The number of nitrogens with zero attached hydrogens (tertiary/aromatic N) is 3. The van der Waals surface area contributed by atoms with Crippen molar-refractivity contribution in [2.75, 3.05) is 27.7 Å². The zero-order chi connectivity index (χ0) is 21.0. The second-order valence-corrected chi connectivity index (χ2v) is 6.94. The highest BCUT2D eigenvalue weighted by Gasteiger charge is 2.28. The highest BCUT2D eigenvalue weighted by molar-refractivity contribution is 5.83. The first-order valence-corrected chi connectivity index (χ1v) is 9.21. The molecule has 1 aliphatic heterocycles. The zero-order valence-corrected chi connectivity index (χ0v) is 16.6. The van der Waals surface area contributed by atoms with E-state index in [1.807, 2.05) is 0 Å². The summed E-state index contributed by atoms with van der Waals surface area (Å²) in [5, 5.41) is 10.8. The van der Waals surface area contributed by atoms with Crippen molar-refractivity contribution in [1.29, 1.82) is 0 Å². The highest BCUT2D eigenvalue weighted by atomic mass is 19.1. The number of rotatable bonds is 7. The smallest absolute Gasteiger partial charge is 0.233 e. The van der Waals surface area contributed by atoms with Gasteiger partial charge in [-0.3, -0.25) is 9.59 Å². The van der Waals surface area contributed by atoms with Gasteiger partial charge < -0.3 is 19.7 Å². The summed E-state index contributed by atoms with van der Waals surface area (Å²) in [5.41, 5.74) is 1.67. The van der Waals surface area contributed by atoms with Gasteiger partial charge in [0.25, 0.3) is 0 Å². The van der Waals surface area contributed by atoms with Gasteiger partial charge in [-0.25, -0.2) is 4.39 Å². The predicted octanol–water partition coefficient (Wildman–Crippen LogP) is 1.58. The largest absolute Gasteiger partial charge is 0.487 e. The Morgan fingerprint density at radius 2 is 2.07 bits per heavy atom. The summed E-state index contributed by atoms with van der Waals surface area (Å²) in [7, 11) is 4.78. The molecule has 1 aliphatic rings. The van der Waals surface area contributed by atoms with Gasteiger partial charge in [0.1, 0.15) is 17.7 Å². The molecular formula is C20H23FN4O4. The van der Waals surface area contributed by atoms with Crippen LogP contribution in [0, 0.1) is 5.82 Å². The normalized spacial score (nSPS) is 14.7. The number of amides is 2. The van der Waals surface area contributed by atoms with Gasteiger partial charge in [-0.1, -0.05) is 0 Å². The van der Waals surface area contributed by atoms with Crippen molar-refractivity contribution in [2.24, 2.45) is 0 Å². The van der Waals surface area contributed by atoms with Crippen LogP contribution in [0.2, 0.25) is 0 Å². The SMILES string of the molecule is COc1ccc(-c2cc(F)cc3c2O[C@H](CNC(=O)CCC(=O)N(C)C)C3)nn1. The van der Waals surface area contributed by atoms with Crippen LogP contribution in [-0.4, -0.2) is 60.8 Å². The third-order valence-corrected chi connectivity index (χ3v) is 4.58. The molecule has 0 unspecified atom stereocenters. The van der Waals surface area contributed by atoms with E-state index in [0.717, 1.165) is 0 Å². The molecule has 0 aliphatic carbocycles. The van der Waals surface area contributed by atoms with Crippen LogP contribution in [0.5, 0.6) is 11.6 Å². The number of carbonyl (C=O) groups excluding carboxylic acids is 2. The molecule has 9 heteroatoms. The van der Waals surface area contributed by atoms with Gasteiger partial charge in [0.2, 0.25) is 17.7 Å². The Bertz CT molecular complexity index is 902. The van der Waals surface area contributed by atoms with Crippen molar-refractivity contribution in [3.05, 3.63) is 35.6 Å². The Morgan fingerprint density at radius 1 is 1.28 bits per heavy atom. The Morgan fingerprint density at radius 3 is 2.72 bits per heavy atom. The molecular weight excluding hydrogens is 379 g/mol. The first-order valence-electron chi connectivity index (χ1n) is 9.21. The quantitative estimate of drug-likeness (QED) is 0.756. The molecule has 1 atom stereocenters. The number of halogens is 1. The molecule has 0 spiro atoms. The summed E-state index contributed by atoms with van der Waals surface area (Å²) in [6.45, 7) is 0.263. The third-order valence-electron chi connectivity index (χ3n) is 4.58. The summed E-state index contributed by atoms with van der Waals surface area (Å²) in [6.07, 6.45) is 0.388. The molecule has 1 N–H and O–H groups in total. The summed E-state index contributed by atoms with van der Waals surface area (Å²) in [5.74, 6) is 0.161. The van der Waals surface area contributed by atoms with Crippen molar-refractivity contribution in [1.82, 2.24) is 20.4 Å². The number of benzene rings is 1. The van der Waals surface area contributed by atoms with E-state index in [2.05, 4.69) is 15.5 Å². The molecule has 0 saturated heterocycles. The van der Waals surface area contributed by atoms with Gasteiger partial charge >= 0.3 is 0 Å². The lowest BCUT2D eigenvalue weighted by atomic mass is 10.0. The van der Waals surface area contributed by atoms with E-state index in [-0.39, 0.29) is 37.3 Å². The van der Waals surface area contributed by atoms with Crippen LogP contribution in [0.25, 0.3) is 11.3 Å². The van der Waals surface area contributed by atoms with E-state index in [4.69, 9.17) is 9.47 Å². The minimum Gasteiger partial charge on any atom is -0.487 e. The number of carbonyl (C=O) groups is 2. The molecule has 2 aromatic rings. The lowest BCUT2D eigenvalue weighted by Gasteiger charge is -2.14. The summed E-state index contributed by atoms with van der Waals surface area (Å²) in [4.78, 5) is 25.0. The van der Waals surface area contributed by atoms with Gasteiger partial charge in [0.05, 0.1) is 19.3 Å². The average Bonchev–Trinajstić information content (AvgIpc) is 3.12. The van der Waals surface area contributed by atoms with Gasteiger partial charge in [-0.05, 0) is 18.2 Å². The first-order chi connectivity index (χ1) is 13.9. The highest BCUT2D eigenvalue weighted by Crippen LogP contribution is 2.38. The molecule has 154 valence electrons. The molecule has 0 bridgehead atoms. The van der Waals surface area contributed by atoms with E-state index in [1.165, 1.54) is 24.1 Å². The van der Waals surface area contributed by atoms with E-state index < -0.39 is 5.82 Å². The Kier molecular flexibility index (Phi) is 6.26. The number of ether oxygens (including phenoxy) is 2.